The number of hydrogen-bond acceptors (Lipinski definition) is 9. The lowest BCUT2D eigenvalue weighted by Gasteiger charge is -2.52. The second-order valence-electron chi connectivity index (χ2n) is 9.56. The molecule has 0 spiro atoms. The van der Waals surface area contributed by atoms with Crippen molar-refractivity contribution < 1.29 is 28.4 Å². The molecular weight excluding hydrogens is 540 g/mol. The molecule has 2 aromatic rings. The highest BCUT2D eigenvalue weighted by atomic mass is 35.5. The number of rotatable bonds is 15. The van der Waals surface area contributed by atoms with E-state index in [1.165, 1.54) is 0 Å². The van der Waals surface area contributed by atoms with Crippen molar-refractivity contribution in [1.29, 1.82) is 0 Å². The van der Waals surface area contributed by atoms with Crippen molar-refractivity contribution in [3.8, 4) is 0 Å². The van der Waals surface area contributed by atoms with Crippen molar-refractivity contribution in [3.05, 3.63) is 59.1 Å². The van der Waals surface area contributed by atoms with Crippen LogP contribution in [0, 0.1) is 0 Å². The molecule has 1 saturated heterocycles. The second-order valence-corrected chi connectivity index (χ2v) is 11.2. The lowest BCUT2D eigenvalue weighted by atomic mass is 9.98. The van der Waals surface area contributed by atoms with Crippen LogP contribution in [-0.4, -0.2) is 95.3 Å². The first kappa shape index (κ1) is 30.6. The van der Waals surface area contributed by atoms with Crippen molar-refractivity contribution >= 4 is 29.1 Å². The predicted molar refractivity (Wildman–Crippen MR) is 154 cm³/mol. The summed E-state index contributed by atoms with van der Waals surface area (Å²) in [5, 5.41) is 0.630. The van der Waals surface area contributed by atoms with Crippen molar-refractivity contribution in [2.75, 3.05) is 65.5 Å². The molecule has 216 valence electrons. The number of likely N-dealkylation sites (N-methyl/N-ethyl adjacent to an activating group) is 1. The first-order chi connectivity index (χ1) is 19.1. The Balaban J connectivity index is 1.64. The zero-order valence-electron chi connectivity index (χ0n) is 23.3. The molecule has 2 heterocycles. The minimum atomic E-state index is -0.414. The van der Waals surface area contributed by atoms with Crippen molar-refractivity contribution in [2.24, 2.45) is 0 Å². The van der Waals surface area contributed by atoms with Crippen LogP contribution in [0.5, 0.6) is 0 Å². The van der Waals surface area contributed by atoms with Crippen LogP contribution in [-0.2, 0) is 35.0 Å². The van der Waals surface area contributed by atoms with Crippen molar-refractivity contribution in [1.82, 2.24) is 4.90 Å². The zero-order chi connectivity index (χ0) is 27.6. The van der Waals surface area contributed by atoms with Gasteiger partial charge in [0.15, 0.2) is 0 Å². The molecule has 0 radical (unpaired) electrons. The highest BCUT2D eigenvalue weighted by Gasteiger charge is 2.52. The Kier molecular flexibility index (Phi) is 12.2. The fourth-order valence-electron chi connectivity index (χ4n) is 5.09. The molecule has 4 rings (SSSR count). The maximum absolute atomic E-state index is 6.87. The average Bonchev–Trinajstić information content (AvgIpc) is 2.96. The minimum Gasteiger partial charge on any atom is -0.374 e. The van der Waals surface area contributed by atoms with Gasteiger partial charge >= 0.3 is 0 Å². The van der Waals surface area contributed by atoms with Crippen LogP contribution in [0.15, 0.2) is 53.4 Å². The number of benzene rings is 2. The van der Waals surface area contributed by atoms with Crippen LogP contribution in [0.1, 0.15) is 19.4 Å². The smallest absolute Gasteiger partial charge is 0.146 e. The normalized spacial score (nSPS) is 24.6. The average molecular weight is 581 g/mol. The summed E-state index contributed by atoms with van der Waals surface area (Å²) >= 11 is 8.22. The molecule has 10 heteroatoms. The van der Waals surface area contributed by atoms with Gasteiger partial charge in [-0.3, -0.25) is 0 Å². The lowest BCUT2D eigenvalue weighted by molar-refractivity contribution is -0.242. The van der Waals surface area contributed by atoms with E-state index in [0.717, 1.165) is 42.3 Å². The Bertz CT molecular complexity index is 1000. The van der Waals surface area contributed by atoms with Crippen LogP contribution in [0.3, 0.4) is 0 Å². The molecule has 1 fully saturated rings. The topological polar surface area (TPSA) is 61.9 Å². The molecule has 8 nitrogen and oxygen atoms in total. The SMILES string of the molecule is CCN(CC)CCN1c2cc(Cl)ccc2S[C@H]2[C@@H](OCOC)[C@H](OCOC)[C@@H](COCc3ccccc3)O[C@H]21. The first-order valence-electron chi connectivity index (χ1n) is 13.5. The van der Waals surface area contributed by atoms with Gasteiger partial charge < -0.3 is 38.2 Å². The number of halogens is 1. The molecular formula is C29H41ClN2O6S. The van der Waals surface area contributed by atoms with Crippen molar-refractivity contribution in [2.45, 2.75) is 55.1 Å². The maximum Gasteiger partial charge on any atom is 0.146 e. The lowest BCUT2D eigenvalue weighted by Crippen LogP contribution is -2.65. The molecule has 0 bridgehead atoms. The summed E-state index contributed by atoms with van der Waals surface area (Å²) in [7, 11) is 3.24. The van der Waals surface area contributed by atoms with Gasteiger partial charge in [0.25, 0.3) is 0 Å². The number of nitrogens with zero attached hydrogens (tertiary/aromatic N) is 2. The summed E-state index contributed by atoms with van der Waals surface area (Å²) in [5.74, 6) is 0. The van der Waals surface area contributed by atoms with Gasteiger partial charge in [-0.2, -0.15) is 0 Å². The van der Waals surface area contributed by atoms with Crippen LogP contribution in [0.4, 0.5) is 5.69 Å². The number of hydrogen-bond donors (Lipinski definition) is 0. The third kappa shape index (κ3) is 7.87. The van der Waals surface area contributed by atoms with Gasteiger partial charge in [0.1, 0.15) is 38.1 Å². The van der Waals surface area contributed by atoms with Crippen LogP contribution in [0.25, 0.3) is 0 Å². The number of thioether (sulfide) groups is 1. The van der Waals surface area contributed by atoms with E-state index < -0.39 is 6.10 Å². The molecule has 0 amide bonds. The highest BCUT2D eigenvalue weighted by molar-refractivity contribution is 8.00. The predicted octanol–water partition coefficient (Wildman–Crippen LogP) is 4.88. The third-order valence-corrected chi connectivity index (χ3v) is 8.72. The summed E-state index contributed by atoms with van der Waals surface area (Å²) in [5.41, 5.74) is 2.18. The zero-order valence-corrected chi connectivity index (χ0v) is 24.9. The van der Waals surface area contributed by atoms with Gasteiger partial charge in [-0.1, -0.05) is 55.8 Å². The molecule has 0 saturated carbocycles. The second kappa shape index (κ2) is 15.6. The first-order valence-corrected chi connectivity index (χ1v) is 14.8. The fourth-order valence-corrected chi connectivity index (χ4v) is 6.69. The van der Waals surface area contributed by atoms with Gasteiger partial charge in [-0.25, -0.2) is 0 Å². The van der Waals surface area contributed by atoms with Crippen LogP contribution < -0.4 is 4.90 Å². The number of fused-ring (bicyclic) bond motifs is 2. The monoisotopic (exact) mass is 580 g/mol. The van der Waals surface area contributed by atoms with Crippen LogP contribution >= 0.6 is 23.4 Å². The maximum atomic E-state index is 6.87. The molecule has 39 heavy (non-hydrogen) atoms. The molecule has 0 aromatic heterocycles. The molecule has 2 aliphatic rings. The van der Waals surface area contributed by atoms with Gasteiger partial charge in [0, 0.05) is 37.2 Å². The summed E-state index contributed by atoms with van der Waals surface area (Å²) in [6.45, 7) is 9.12. The molecule has 2 aliphatic heterocycles. The Morgan fingerprint density at radius 2 is 1.69 bits per heavy atom. The van der Waals surface area contributed by atoms with Gasteiger partial charge in [-0.05, 0) is 36.9 Å². The van der Waals surface area contributed by atoms with E-state index in [-0.39, 0.29) is 37.3 Å². The Hall–Kier alpha value is -1.40. The molecule has 0 N–H and O–H groups in total. The summed E-state index contributed by atoms with van der Waals surface area (Å²) < 4.78 is 36.2. The van der Waals surface area contributed by atoms with E-state index in [1.54, 1.807) is 26.0 Å². The molecule has 0 aliphatic carbocycles. The Labute approximate surface area is 241 Å². The number of anilines is 1. The quantitative estimate of drug-likeness (QED) is 0.274. The standard InChI is InChI=1S/C29H41ClN2O6S/c1-5-31(6-2)14-15-32-23-16-22(30)12-13-25(23)39-28-27(37-20-34-4)26(36-19-33-3)24(38-29(28)32)18-35-17-21-10-8-7-9-11-21/h7-13,16,24,26-29H,5-6,14-15,17-20H2,1-4H3/t24-,26-,27+,28+,29-/m1/s1. The van der Waals surface area contributed by atoms with E-state index >= 15 is 0 Å². The van der Waals surface area contributed by atoms with Gasteiger partial charge in [-0.15, -0.1) is 11.8 Å². The summed E-state index contributed by atoms with van der Waals surface area (Å²) in [6, 6.07) is 16.2. The fraction of sp³-hybridized carbons (Fsp3) is 0.586. The van der Waals surface area contributed by atoms with Gasteiger partial charge in [0.05, 0.1) is 24.2 Å². The minimum absolute atomic E-state index is 0.0715. The van der Waals surface area contributed by atoms with Gasteiger partial charge in [0.2, 0.25) is 0 Å². The van der Waals surface area contributed by atoms with E-state index in [9.17, 15) is 0 Å². The molecule has 5 atom stereocenters. The van der Waals surface area contributed by atoms with E-state index in [4.69, 9.17) is 40.0 Å². The van der Waals surface area contributed by atoms with Crippen LogP contribution in [0.2, 0.25) is 5.02 Å². The number of ether oxygens (including phenoxy) is 6. The summed E-state index contributed by atoms with van der Waals surface area (Å²) in [6.07, 6.45) is -1.40. The molecule has 2 aromatic carbocycles. The summed E-state index contributed by atoms with van der Waals surface area (Å²) in [4.78, 5) is 5.88. The Morgan fingerprint density at radius 1 is 0.974 bits per heavy atom. The van der Waals surface area contributed by atoms with E-state index in [0.29, 0.717) is 18.2 Å². The molecule has 0 unspecified atom stereocenters. The van der Waals surface area contributed by atoms with Crippen molar-refractivity contribution in [3.63, 3.8) is 0 Å². The largest absolute Gasteiger partial charge is 0.374 e. The van der Waals surface area contributed by atoms with E-state index in [1.807, 2.05) is 30.3 Å². The third-order valence-electron chi connectivity index (χ3n) is 7.11. The number of methoxy groups -OCH3 is 2. The van der Waals surface area contributed by atoms with E-state index in [2.05, 4.69) is 41.8 Å². The Morgan fingerprint density at radius 3 is 2.38 bits per heavy atom. The highest BCUT2D eigenvalue weighted by Crippen LogP contribution is 2.48.